The highest BCUT2D eigenvalue weighted by atomic mass is 19.1. The largest absolute Gasteiger partial charge is 0.461 e. The Morgan fingerprint density at radius 3 is 2.75 bits per heavy atom. The van der Waals surface area contributed by atoms with E-state index in [1.807, 2.05) is 24.6 Å². The van der Waals surface area contributed by atoms with Gasteiger partial charge in [-0.2, -0.15) is 5.10 Å². The van der Waals surface area contributed by atoms with Crippen molar-refractivity contribution >= 4 is 16.9 Å². The van der Waals surface area contributed by atoms with E-state index in [2.05, 4.69) is 10.3 Å². The van der Waals surface area contributed by atoms with Crippen LogP contribution in [0.15, 0.2) is 36.5 Å². The number of fused-ring (bicyclic) bond motifs is 1. The summed E-state index contributed by atoms with van der Waals surface area (Å²) in [5, 5.41) is 17.9. The summed E-state index contributed by atoms with van der Waals surface area (Å²) in [7, 11) is 0. The molecule has 0 radical (unpaired) electrons. The van der Waals surface area contributed by atoms with Crippen molar-refractivity contribution in [2.24, 2.45) is 0 Å². The van der Waals surface area contributed by atoms with Gasteiger partial charge in [-0.3, -0.25) is 14.5 Å². The van der Waals surface area contributed by atoms with Gasteiger partial charge in [0, 0.05) is 24.7 Å². The molecule has 2 aromatic heterocycles. The second-order valence-electron chi connectivity index (χ2n) is 8.60. The van der Waals surface area contributed by atoms with Gasteiger partial charge in [0.1, 0.15) is 17.0 Å². The van der Waals surface area contributed by atoms with Crippen LogP contribution in [0, 0.1) is 0 Å². The molecule has 7 nitrogen and oxygen atoms in total. The molecule has 3 aromatic rings. The smallest absolute Gasteiger partial charge is 0.253 e. The highest BCUT2D eigenvalue weighted by Crippen LogP contribution is 2.31. The Morgan fingerprint density at radius 2 is 2.03 bits per heavy atom. The third-order valence-electron chi connectivity index (χ3n) is 5.75. The molecule has 2 N–H and O–H groups in total. The minimum atomic E-state index is -1.42. The van der Waals surface area contributed by atoms with Gasteiger partial charge in [-0.15, -0.1) is 0 Å². The summed E-state index contributed by atoms with van der Waals surface area (Å²) in [6.07, 6.45) is 3.05. The van der Waals surface area contributed by atoms with Gasteiger partial charge >= 0.3 is 0 Å². The first-order valence-corrected chi connectivity index (χ1v) is 11.1. The van der Waals surface area contributed by atoms with Gasteiger partial charge in [-0.05, 0) is 44.9 Å². The number of benzene rings is 1. The van der Waals surface area contributed by atoms with E-state index < -0.39 is 12.5 Å². The molecule has 1 saturated carbocycles. The van der Waals surface area contributed by atoms with Crippen LogP contribution in [-0.2, 0) is 0 Å². The molecule has 0 aliphatic heterocycles. The number of hydrogen-bond donors (Lipinski definition) is 2. The molecule has 1 aliphatic rings. The van der Waals surface area contributed by atoms with Crippen LogP contribution in [-0.4, -0.2) is 44.3 Å². The van der Waals surface area contributed by atoms with Crippen LogP contribution in [0.5, 0.6) is 5.75 Å². The van der Waals surface area contributed by atoms with Gasteiger partial charge in [0.05, 0.1) is 23.2 Å². The quantitative estimate of drug-likeness (QED) is 0.593. The van der Waals surface area contributed by atoms with Crippen molar-refractivity contribution in [3.63, 3.8) is 0 Å². The Kier molecular flexibility index (Phi) is 6.41. The highest BCUT2D eigenvalue weighted by molar-refractivity contribution is 5.99. The maximum absolute atomic E-state index is 13.3. The van der Waals surface area contributed by atoms with E-state index in [1.165, 1.54) is 13.1 Å². The fourth-order valence-electron chi connectivity index (χ4n) is 4.17. The molecule has 8 heteroatoms. The van der Waals surface area contributed by atoms with Crippen molar-refractivity contribution in [1.29, 1.82) is 0 Å². The topological polar surface area (TPSA) is 89.3 Å². The first kappa shape index (κ1) is 22.2. The molecule has 2 unspecified atom stereocenters. The lowest BCUT2D eigenvalue weighted by Gasteiger charge is -2.28. The van der Waals surface area contributed by atoms with Gasteiger partial charge in [0.2, 0.25) is 6.36 Å². The molecular formula is C24H29FN4O3. The molecule has 0 saturated heterocycles. The van der Waals surface area contributed by atoms with E-state index in [4.69, 9.17) is 9.84 Å². The number of halogens is 1. The second-order valence-corrected chi connectivity index (χ2v) is 8.60. The first-order valence-electron chi connectivity index (χ1n) is 11.1. The Balaban J connectivity index is 1.69. The second kappa shape index (κ2) is 9.24. The van der Waals surface area contributed by atoms with E-state index in [-0.39, 0.29) is 18.0 Å². The number of amides is 1. The average molecular weight is 441 g/mol. The van der Waals surface area contributed by atoms with Crippen molar-refractivity contribution in [3.8, 4) is 17.0 Å². The molecule has 1 aromatic carbocycles. The van der Waals surface area contributed by atoms with E-state index in [9.17, 15) is 14.3 Å². The molecule has 2 heterocycles. The fraction of sp³-hybridized carbons (Fsp3) is 0.458. The number of aliphatic hydroxyl groups is 1. The van der Waals surface area contributed by atoms with E-state index in [0.29, 0.717) is 28.9 Å². The molecule has 4 rings (SSSR count). The zero-order valence-electron chi connectivity index (χ0n) is 18.6. The number of carbonyl (C=O) groups excluding carboxylic acids is 1. The summed E-state index contributed by atoms with van der Waals surface area (Å²) in [5.41, 5.74) is 3.20. The summed E-state index contributed by atoms with van der Waals surface area (Å²) in [4.78, 5) is 17.4. The number of carbonyl (C=O) groups is 1. The van der Waals surface area contributed by atoms with E-state index in [1.54, 1.807) is 24.3 Å². The monoisotopic (exact) mass is 440 g/mol. The first-order chi connectivity index (χ1) is 15.3. The van der Waals surface area contributed by atoms with Crippen molar-refractivity contribution in [1.82, 2.24) is 20.1 Å². The molecule has 1 fully saturated rings. The molecule has 0 spiro atoms. The maximum Gasteiger partial charge on any atom is 0.253 e. The zero-order chi connectivity index (χ0) is 22.8. The van der Waals surface area contributed by atoms with Crippen molar-refractivity contribution in [3.05, 3.63) is 42.1 Å². The third-order valence-corrected chi connectivity index (χ3v) is 5.75. The number of rotatable bonds is 6. The van der Waals surface area contributed by atoms with Crippen LogP contribution >= 0.6 is 0 Å². The summed E-state index contributed by atoms with van der Waals surface area (Å²) in [5.74, 6) is 0.155. The van der Waals surface area contributed by atoms with Crippen LogP contribution in [0.25, 0.3) is 22.3 Å². The number of nitrogens with one attached hydrogen (secondary N) is 1. The molecule has 0 bridgehead atoms. The minimum Gasteiger partial charge on any atom is -0.461 e. The number of aromatic nitrogens is 3. The number of nitrogens with zero attached hydrogens (tertiary/aromatic N) is 3. The molecule has 3 atom stereocenters. The van der Waals surface area contributed by atoms with Crippen molar-refractivity contribution in [2.75, 3.05) is 0 Å². The highest BCUT2D eigenvalue weighted by Gasteiger charge is 2.25. The normalized spacial score (nSPS) is 19.8. The standard InChI is InChI=1S/C24H29FN4O3/c1-14(2)29-20-12-17(24(31)27-19-9-4-5-10-21(19)30)13-26-23(20)22(28-29)16-7-6-8-18(11-16)32-15(3)25/h6-8,11-15,19,21,30H,4-5,9-10H2,1-3H3,(H,27,31)/t15?,19?,21-/m0/s1. The Bertz CT molecular complexity index is 1110. The number of ether oxygens (including phenoxy) is 1. The molecule has 170 valence electrons. The SMILES string of the molecule is CC(F)Oc1cccc(-c2nn(C(C)C)c3cc(C(=O)NC4CCCC[C@@H]4O)cnc23)c1. The predicted octanol–water partition coefficient (Wildman–Crippen LogP) is 4.41. The minimum absolute atomic E-state index is 0.0387. The lowest BCUT2D eigenvalue weighted by atomic mass is 9.92. The van der Waals surface area contributed by atoms with Gasteiger partial charge in [0.15, 0.2) is 0 Å². The zero-order valence-corrected chi connectivity index (χ0v) is 18.6. The molecule has 1 amide bonds. The summed E-state index contributed by atoms with van der Waals surface area (Å²) < 4.78 is 20.3. The van der Waals surface area contributed by atoms with Crippen LogP contribution < -0.4 is 10.1 Å². The van der Waals surface area contributed by atoms with Gasteiger partial charge < -0.3 is 15.2 Å². The van der Waals surface area contributed by atoms with E-state index >= 15 is 0 Å². The van der Waals surface area contributed by atoms with E-state index in [0.717, 1.165) is 30.3 Å². The molecular weight excluding hydrogens is 411 g/mol. The van der Waals surface area contributed by atoms with Crippen LogP contribution in [0.1, 0.15) is 62.9 Å². The van der Waals surface area contributed by atoms with Crippen LogP contribution in [0.3, 0.4) is 0 Å². The third kappa shape index (κ3) is 4.60. The van der Waals surface area contributed by atoms with Crippen molar-refractivity contribution in [2.45, 2.75) is 71.0 Å². The Morgan fingerprint density at radius 1 is 1.25 bits per heavy atom. The molecule has 32 heavy (non-hydrogen) atoms. The lowest BCUT2D eigenvalue weighted by Crippen LogP contribution is -2.45. The Labute approximate surface area is 186 Å². The molecule has 1 aliphatic carbocycles. The number of hydrogen-bond acceptors (Lipinski definition) is 5. The number of aliphatic hydroxyl groups excluding tert-OH is 1. The van der Waals surface area contributed by atoms with Crippen molar-refractivity contribution < 1.29 is 19.0 Å². The summed E-state index contributed by atoms with van der Waals surface area (Å²) >= 11 is 0. The average Bonchev–Trinajstić information content (AvgIpc) is 3.14. The van der Waals surface area contributed by atoms with Gasteiger partial charge in [-0.25, -0.2) is 4.39 Å². The fourth-order valence-corrected chi connectivity index (χ4v) is 4.17. The lowest BCUT2D eigenvalue weighted by molar-refractivity contribution is 0.0717. The maximum atomic E-state index is 13.3. The summed E-state index contributed by atoms with van der Waals surface area (Å²) in [6, 6.07) is 8.66. The van der Waals surface area contributed by atoms with Gasteiger partial charge in [0.25, 0.3) is 5.91 Å². The number of alkyl halides is 1. The summed E-state index contributed by atoms with van der Waals surface area (Å²) in [6.45, 7) is 5.34. The van der Waals surface area contributed by atoms with Crippen LogP contribution in [0.4, 0.5) is 4.39 Å². The Hall–Kier alpha value is -3.00. The predicted molar refractivity (Wildman–Crippen MR) is 120 cm³/mol. The number of pyridine rings is 1. The van der Waals surface area contributed by atoms with Gasteiger partial charge in [-0.1, -0.05) is 25.0 Å². The van der Waals surface area contributed by atoms with Crippen LogP contribution in [0.2, 0.25) is 0 Å².